The highest BCUT2D eigenvalue weighted by Gasteiger charge is 2.12. The van der Waals surface area contributed by atoms with Crippen molar-refractivity contribution in [3.63, 3.8) is 0 Å². The predicted octanol–water partition coefficient (Wildman–Crippen LogP) is 0.786. The molecule has 1 aromatic rings. The Morgan fingerprint density at radius 1 is 1.00 bits per heavy atom. The van der Waals surface area contributed by atoms with Crippen molar-refractivity contribution in [2.24, 2.45) is 0 Å². The van der Waals surface area contributed by atoms with Crippen molar-refractivity contribution in [2.75, 3.05) is 59.3 Å². The lowest BCUT2D eigenvalue weighted by atomic mass is 10.3. The molecule has 0 aliphatic carbocycles. The minimum absolute atomic E-state index is 0.565. The molecule has 22 heavy (non-hydrogen) atoms. The van der Waals surface area contributed by atoms with Crippen molar-refractivity contribution in [3.05, 3.63) is 24.3 Å². The zero-order chi connectivity index (χ0) is 15.5. The smallest absolute Gasteiger partial charge is 0.123 e. The molecule has 5 heteroatoms. The Labute approximate surface area is 133 Å². The third-order valence-electron chi connectivity index (χ3n) is 3.57. The van der Waals surface area contributed by atoms with Gasteiger partial charge in [0.05, 0.1) is 33.0 Å². The molecule has 0 atom stereocenters. The van der Waals surface area contributed by atoms with Crippen LogP contribution in [0.1, 0.15) is 13.3 Å². The van der Waals surface area contributed by atoms with Crippen LogP contribution in [0.25, 0.3) is 0 Å². The molecule has 1 aliphatic heterocycles. The van der Waals surface area contributed by atoms with Gasteiger partial charge in [-0.3, -0.25) is 0 Å². The van der Waals surface area contributed by atoms with E-state index < -0.39 is 0 Å². The molecule has 0 unspecified atom stereocenters. The van der Waals surface area contributed by atoms with E-state index in [1.807, 2.05) is 24.3 Å². The van der Waals surface area contributed by atoms with Gasteiger partial charge in [-0.1, -0.05) is 13.0 Å². The second-order valence-electron chi connectivity index (χ2n) is 5.40. The van der Waals surface area contributed by atoms with E-state index in [4.69, 9.17) is 18.9 Å². The van der Waals surface area contributed by atoms with Gasteiger partial charge in [0.1, 0.15) is 37.7 Å². The molecule has 0 amide bonds. The number of hydrogen-bond donors (Lipinski definition) is 1. The summed E-state index contributed by atoms with van der Waals surface area (Å²) in [6, 6.07) is 7.76. The molecule has 1 fully saturated rings. The topological polar surface area (TPSA) is 41.4 Å². The largest absolute Gasteiger partial charge is 0.493 e. The average Bonchev–Trinajstić information content (AvgIpc) is 2.57. The third-order valence-corrected chi connectivity index (χ3v) is 3.57. The lowest BCUT2D eigenvalue weighted by Crippen LogP contribution is -3.14. The van der Waals surface area contributed by atoms with Crippen LogP contribution in [0.4, 0.5) is 0 Å². The number of ether oxygens (including phenoxy) is 4. The summed E-state index contributed by atoms with van der Waals surface area (Å²) < 4.78 is 22.2. The van der Waals surface area contributed by atoms with Gasteiger partial charge in [0.15, 0.2) is 0 Å². The Morgan fingerprint density at radius 3 is 2.45 bits per heavy atom. The number of nitrogens with one attached hydrogen (secondary N) is 1. The summed E-state index contributed by atoms with van der Waals surface area (Å²) in [7, 11) is 0. The first kappa shape index (κ1) is 17.1. The molecule has 0 aromatic heterocycles. The Bertz CT molecular complexity index is 407. The van der Waals surface area contributed by atoms with Crippen LogP contribution in [-0.2, 0) is 9.47 Å². The highest BCUT2D eigenvalue weighted by molar-refractivity contribution is 5.32. The lowest BCUT2D eigenvalue weighted by molar-refractivity contribution is -0.908. The van der Waals surface area contributed by atoms with Gasteiger partial charge in [-0.2, -0.15) is 0 Å². The first-order chi connectivity index (χ1) is 10.9. The Kier molecular flexibility index (Phi) is 8.09. The highest BCUT2D eigenvalue weighted by Crippen LogP contribution is 2.19. The zero-order valence-corrected chi connectivity index (χ0v) is 13.5. The fourth-order valence-electron chi connectivity index (χ4n) is 2.32. The summed E-state index contributed by atoms with van der Waals surface area (Å²) >= 11 is 0. The Morgan fingerprint density at radius 2 is 1.73 bits per heavy atom. The normalized spacial score (nSPS) is 15.7. The zero-order valence-electron chi connectivity index (χ0n) is 13.5. The third kappa shape index (κ3) is 6.64. The fraction of sp³-hybridized carbons (Fsp3) is 0.647. The van der Waals surface area contributed by atoms with E-state index in [0.29, 0.717) is 13.2 Å². The summed E-state index contributed by atoms with van der Waals surface area (Å²) in [4.78, 5) is 1.56. The quantitative estimate of drug-likeness (QED) is 0.649. The number of rotatable bonds is 10. The fourth-order valence-corrected chi connectivity index (χ4v) is 2.32. The molecule has 0 saturated carbocycles. The van der Waals surface area contributed by atoms with Crippen LogP contribution >= 0.6 is 0 Å². The second kappa shape index (κ2) is 10.4. The lowest BCUT2D eigenvalue weighted by Gasteiger charge is -2.23. The van der Waals surface area contributed by atoms with Gasteiger partial charge in [-0.15, -0.1) is 0 Å². The molecule has 1 heterocycles. The predicted molar refractivity (Wildman–Crippen MR) is 84.9 cm³/mol. The van der Waals surface area contributed by atoms with Gasteiger partial charge >= 0.3 is 0 Å². The summed E-state index contributed by atoms with van der Waals surface area (Å²) in [5.41, 5.74) is 0. The molecule has 1 aromatic carbocycles. The van der Waals surface area contributed by atoms with Crippen LogP contribution in [0.2, 0.25) is 0 Å². The van der Waals surface area contributed by atoms with Crippen LogP contribution in [0.5, 0.6) is 11.5 Å². The summed E-state index contributed by atoms with van der Waals surface area (Å²) in [6.07, 6.45) is 1.00. The summed E-state index contributed by atoms with van der Waals surface area (Å²) in [5.74, 6) is 1.69. The van der Waals surface area contributed by atoms with Gasteiger partial charge in [-0.25, -0.2) is 0 Å². The summed E-state index contributed by atoms with van der Waals surface area (Å²) in [6.45, 7) is 9.74. The van der Waals surface area contributed by atoms with E-state index in [2.05, 4.69) is 6.92 Å². The standard InChI is InChI=1S/C17H27NO4/c1-2-9-21-16-4-3-5-17(15-16)22-14-13-20-12-8-18-6-10-19-11-7-18/h3-5,15H,2,6-14H2,1H3/p+1. The van der Waals surface area contributed by atoms with Gasteiger partial charge < -0.3 is 23.8 Å². The Balaban J connectivity index is 1.54. The number of benzene rings is 1. The molecule has 0 radical (unpaired) electrons. The maximum absolute atomic E-state index is 5.69. The molecule has 5 nitrogen and oxygen atoms in total. The summed E-state index contributed by atoms with van der Waals surface area (Å²) in [5, 5.41) is 0. The highest BCUT2D eigenvalue weighted by atomic mass is 16.5. The van der Waals surface area contributed by atoms with Gasteiger partial charge in [-0.05, 0) is 18.6 Å². The second-order valence-corrected chi connectivity index (χ2v) is 5.40. The molecule has 1 saturated heterocycles. The minimum Gasteiger partial charge on any atom is -0.493 e. The van der Waals surface area contributed by atoms with Crippen LogP contribution in [0, 0.1) is 0 Å². The number of hydrogen-bond acceptors (Lipinski definition) is 4. The maximum atomic E-state index is 5.69. The first-order valence-electron chi connectivity index (χ1n) is 8.23. The van der Waals surface area contributed by atoms with Gasteiger partial charge in [0.25, 0.3) is 0 Å². The van der Waals surface area contributed by atoms with E-state index in [-0.39, 0.29) is 0 Å². The first-order valence-corrected chi connectivity index (χ1v) is 8.23. The van der Waals surface area contributed by atoms with E-state index in [1.54, 1.807) is 4.90 Å². The van der Waals surface area contributed by atoms with E-state index in [1.165, 1.54) is 0 Å². The van der Waals surface area contributed by atoms with Crippen molar-refractivity contribution >= 4 is 0 Å². The van der Waals surface area contributed by atoms with E-state index in [9.17, 15) is 0 Å². The van der Waals surface area contributed by atoms with Crippen LogP contribution in [-0.4, -0.2) is 59.3 Å². The van der Waals surface area contributed by atoms with Crippen molar-refractivity contribution in [1.82, 2.24) is 0 Å². The molecular weight excluding hydrogens is 282 g/mol. The van der Waals surface area contributed by atoms with Crippen molar-refractivity contribution < 1.29 is 23.8 Å². The number of morpholine rings is 1. The molecular formula is C17H28NO4+. The molecule has 1 aliphatic rings. The molecule has 124 valence electrons. The van der Waals surface area contributed by atoms with Gasteiger partial charge in [0, 0.05) is 6.07 Å². The molecule has 0 bridgehead atoms. The van der Waals surface area contributed by atoms with E-state index in [0.717, 1.165) is 64.0 Å². The average molecular weight is 310 g/mol. The van der Waals surface area contributed by atoms with Crippen LogP contribution in [0.3, 0.4) is 0 Å². The minimum atomic E-state index is 0.565. The van der Waals surface area contributed by atoms with Crippen LogP contribution in [0.15, 0.2) is 24.3 Å². The molecule has 0 spiro atoms. The van der Waals surface area contributed by atoms with Crippen molar-refractivity contribution in [1.29, 1.82) is 0 Å². The molecule has 2 rings (SSSR count). The molecule has 1 N–H and O–H groups in total. The Hall–Kier alpha value is -1.30. The van der Waals surface area contributed by atoms with E-state index >= 15 is 0 Å². The maximum Gasteiger partial charge on any atom is 0.123 e. The number of quaternary nitrogens is 1. The SMILES string of the molecule is CCCOc1cccc(OCCOCC[NH+]2CCOCC2)c1. The monoisotopic (exact) mass is 310 g/mol. The van der Waals surface area contributed by atoms with Crippen molar-refractivity contribution in [3.8, 4) is 11.5 Å². The van der Waals surface area contributed by atoms with Crippen LogP contribution < -0.4 is 14.4 Å². The van der Waals surface area contributed by atoms with Crippen molar-refractivity contribution in [2.45, 2.75) is 13.3 Å². The van der Waals surface area contributed by atoms with Gasteiger partial charge in [0.2, 0.25) is 0 Å².